The third kappa shape index (κ3) is 4.10. The summed E-state index contributed by atoms with van der Waals surface area (Å²) in [5, 5.41) is 2.75. The maximum absolute atomic E-state index is 11.1. The Morgan fingerprint density at radius 1 is 1.00 bits per heavy atom. The lowest BCUT2D eigenvalue weighted by molar-refractivity contribution is 0.364. The second-order valence-corrected chi connectivity index (χ2v) is 6.30. The molecule has 1 atom stereocenters. The zero-order valence-electron chi connectivity index (χ0n) is 10.9. The summed E-state index contributed by atoms with van der Waals surface area (Å²) >= 11 is 0. The molecule has 0 bridgehead atoms. The summed E-state index contributed by atoms with van der Waals surface area (Å²) in [4.78, 5) is 18.0. The van der Waals surface area contributed by atoms with Crippen LogP contribution in [-0.2, 0) is 4.57 Å². The van der Waals surface area contributed by atoms with Gasteiger partial charge in [0.25, 0.3) is 0 Å². The quantitative estimate of drug-likeness (QED) is 0.736. The summed E-state index contributed by atoms with van der Waals surface area (Å²) in [7, 11) is -4.13. The van der Waals surface area contributed by atoms with E-state index >= 15 is 0 Å². The van der Waals surface area contributed by atoms with Crippen molar-refractivity contribution >= 4 is 13.3 Å². The van der Waals surface area contributed by atoms with Gasteiger partial charge in [0.1, 0.15) is 17.3 Å². The smallest absolute Gasteiger partial charge is 0.347 e. The minimum Gasteiger partial charge on any atom is -0.457 e. The van der Waals surface area contributed by atoms with E-state index in [1.807, 2.05) is 30.3 Å². The number of ether oxygens (including phenoxy) is 1. The van der Waals surface area contributed by atoms with E-state index in [-0.39, 0.29) is 0 Å². The molecule has 6 heteroatoms. The molecule has 0 fully saturated rings. The average Bonchev–Trinajstić information content (AvgIpc) is 2.41. The predicted octanol–water partition coefficient (Wildman–Crippen LogP) is 3.41. The molecule has 0 spiro atoms. The Morgan fingerprint density at radius 3 is 2.10 bits per heavy atom. The van der Waals surface area contributed by atoms with Crippen molar-refractivity contribution in [3.63, 3.8) is 0 Å². The highest BCUT2D eigenvalue weighted by Crippen LogP contribution is 2.41. The molecule has 5 nitrogen and oxygen atoms in total. The predicted molar refractivity (Wildman–Crippen MR) is 78.1 cm³/mol. The van der Waals surface area contributed by atoms with Crippen molar-refractivity contribution in [2.45, 2.75) is 12.7 Å². The lowest BCUT2D eigenvalue weighted by Crippen LogP contribution is -2.14. The van der Waals surface area contributed by atoms with Gasteiger partial charge in [0.05, 0.1) is 0 Å². The van der Waals surface area contributed by atoms with Crippen molar-refractivity contribution in [2.75, 3.05) is 5.32 Å². The van der Waals surface area contributed by atoms with Crippen LogP contribution in [0.4, 0.5) is 5.69 Å². The summed E-state index contributed by atoms with van der Waals surface area (Å²) in [6.45, 7) is 1.44. The number of benzene rings is 2. The minimum atomic E-state index is -4.13. The van der Waals surface area contributed by atoms with E-state index < -0.39 is 13.4 Å². The minimum absolute atomic E-state index is 0.626. The van der Waals surface area contributed by atoms with Crippen molar-refractivity contribution in [3.05, 3.63) is 54.6 Å². The first-order chi connectivity index (χ1) is 9.45. The molecule has 0 aliphatic rings. The van der Waals surface area contributed by atoms with Crippen molar-refractivity contribution in [2.24, 2.45) is 0 Å². The lowest BCUT2D eigenvalue weighted by atomic mass is 10.3. The number of hydrogen-bond donors (Lipinski definition) is 3. The molecular formula is C14H16NO4P. The Kier molecular flexibility index (Phi) is 4.45. The van der Waals surface area contributed by atoms with E-state index in [9.17, 15) is 4.57 Å². The molecule has 0 saturated carbocycles. The van der Waals surface area contributed by atoms with Gasteiger partial charge >= 0.3 is 7.60 Å². The summed E-state index contributed by atoms with van der Waals surface area (Å²) in [5.74, 6) is 0.464. The van der Waals surface area contributed by atoms with Crippen molar-refractivity contribution < 1.29 is 19.1 Å². The van der Waals surface area contributed by atoms with Gasteiger partial charge in [0.2, 0.25) is 0 Å². The highest BCUT2D eigenvalue weighted by Gasteiger charge is 2.23. The van der Waals surface area contributed by atoms with Crippen molar-refractivity contribution in [1.82, 2.24) is 0 Å². The van der Waals surface area contributed by atoms with E-state index in [0.717, 1.165) is 5.75 Å². The van der Waals surface area contributed by atoms with E-state index in [0.29, 0.717) is 11.4 Å². The largest absolute Gasteiger partial charge is 0.457 e. The normalized spacial score (nSPS) is 12.8. The summed E-state index contributed by atoms with van der Waals surface area (Å²) < 4.78 is 16.7. The molecule has 0 aliphatic heterocycles. The average molecular weight is 293 g/mol. The molecular weight excluding hydrogens is 277 g/mol. The zero-order valence-corrected chi connectivity index (χ0v) is 11.8. The van der Waals surface area contributed by atoms with E-state index in [2.05, 4.69) is 5.32 Å². The number of para-hydroxylation sites is 1. The van der Waals surface area contributed by atoms with Crippen LogP contribution in [-0.4, -0.2) is 15.6 Å². The Hall–Kier alpha value is -1.81. The first-order valence-corrected chi connectivity index (χ1v) is 7.78. The molecule has 1 unspecified atom stereocenters. The van der Waals surface area contributed by atoms with Crippen LogP contribution in [0.3, 0.4) is 0 Å². The lowest BCUT2D eigenvalue weighted by Gasteiger charge is -2.16. The van der Waals surface area contributed by atoms with Crippen LogP contribution in [0.1, 0.15) is 6.92 Å². The maximum atomic E-state index is 11.1. The van der Waals surface area contributed by atoms with Crippen LogP contribution in [0.5, 0.6) is 11.5 Å². The number of rotatable bonds is 5. The molecule has 20 heavy (non-hydrogen) atoms. The third-order valence-corrected chi connectivity index (χ3v) is 3.85. The summed E-state index contributed by atoms with van der Waals surface area (Å²) in [6, 6.07) is 16.3. The molecule has 2 aromatic rings. The fourth-order valence-corrected chi connectivity index (χ4v) is 1.89. The van der Waals surface area contributed by atoms with E-state index in [1.54, 1.807) is 24.3 Å². The Labute approximate surface area is 117 Å². The van der Waals surface area contributed by atoms with Crippen molar-refractivity contribution in [3.8, 4) is 11.5 Å². The summed E-state index contributed by atoms with van der Waals surface area (Å²) in [5.41, 5.74) is 0.626. The highest BCUT2D eigenvalue weighted by molar-refractivity contribution is 7.52. The molecule has 0 heterocycles. The number of anilines is 1. The highest BCUT2D eigenvalue weighted by atomic mass is 31.2. The number of nitrogens with one attached hydrogen (secondary N) is 1. The first-order valence-electron chi connectivity index (χ1n) is 6.10. The van der Waals surface area contributed by atoms with Crippen LogP contribution >= 0.6 is 7.60 Å². The van der Waals surface area contributed by atoms with Crippen LogP contribution in [0.2, 0.25) is 0 Å². The Bertz CT molecular complexity index is 594. The molecule has 0 radical (unpaired) electrons. The monoisotopic (exact) mass is 293 g/mol. The fourth-order valence-electron chi connectivity index (χ4n) is 1.57. The van der Waals surface area contributed by atoms with Gasteiger partial charge < -0.3 is 19.8 Å². The maximum Gasteiger partial charge on any atom is 0.347 e. The van der Waals surface area contributed by atoms with E-state index in [1.165, 1.54) is 6.92 Å². The van der Waals surface area contributed by atoms with Crippen LogP contribution in [0.25, 0.3) is 0 Å². The van der Waals surface area contributed by atoms with Gasteiger partial charge in [-0.15, -0.1) is 0 Å². The SMILES string of the molecule is CC(Nc1ccc(Oc2ccccc2)cc1)P(=O)(O)O. The topological polar surface area (TPSA) is 78.8 Å². The van der Waals surface area contributed by atoms with Gasteiger partial charge in [-0.2, -0.15) is 0 Å². The molecule has 106 valence electrons. The first kappa shape index (κ1) is 14.6. The van der Waals surface area contributed by atoms with Crippen LogP contribution in [0, 0.1) is 0 Å². The Morgan fingerprint density at radius 2 is 1.55 bits per heavy atom. The van der Waals surface area contributed by atoms with Crippen molar-refractivity contribution in [1.29, 1.82) is 0 Å². The molecule has 0 aliphatic carbocycles. The standard InChI is InChI=1S/C14H16NO4P/c1-11(20(16,17)18)15-12-7-9-14(10-8-12)19-13-5-3-2-4-6-13/h2-11,15H,1H3,(H2,16,17,18). The van der Waals surface area contributed by atoms with Gasteiger partial charge in [-0.3, -0.25) is 4.57 Å². The summed E-state index contributed by atoms with van der Waals surface area (Å²) in [6.07, 6.45) is 0. The third-order valence-electron chi connectivity index (χ3n) is 2.71. The van der Waals surface area contributed by atoms with Gasteiger partial charge in [-0.25, -0.2) is 0 Å². The number of hydrogen-bond acceptors (Lipinski definition) is 3. The van der Waals surface area contributed by atoms with E-state index in [4.69, 9.17) is 14.5 Å². The zero-order chi connectivity index (χ0) is 14.6. The molecule has 3 N–H and O–H groups in total. The molecule has 2 rings (SSSR count). The van der Waals surface area contributed by atoms with Crippen LogP contribution in [0.15, 0.2) is 54.6 Å². The van der Waals surface area contributed by atoms with Gasteiger partial charge in [0.15, 0.2) is 0 Å². The second-order valence-electron chi connectivity index (χ2n) is 4.35. The second kappa shape index (κ2) is 6.09. The fraction of sp³-hybridized carbons (Fsp3) is 0.143. The Balaban J connectivity index is 2.02. The molecule has 0 amide bonds. The van der Waals surface area contributed by atoms with Gasteiger partial charge in [-0.05, 0) is 43.3 Å². The van der Waals surface area contributed by atoms with Gasteiger partial charge in [0, 0.05) is 5.69 Å². The van der Waals surface area contributed by atoms with Crippen LogP contribution < -0.4 is 10.1 Å². The molecule has 2 aromatic carbocycles. The van der Waals surface area contributed by atoms with Gasteiger partial charge in [-0.1, -0.05) is 18.2 Å². The molecule has 0 aromatic heterocycles. The molecule has 0 saturated heterocycles.